The third kappa shape index (κ3) is 3.54. The number of nitrogens with one attached hydrogen (secondary N) is 1. The second-order valence-electron chi connectivity index (χ2n) is 8.27. The van der Waals surface area contributed by atoms with E-state index in [1.165, 1.54) is 5.57 Å². The van der Waals surface area contributed by atoms with Gasteiger partial charge in [0.2, 0.25) is 0 Å². The molecule has 0 bridgehead atoms. The lowest BCUT2D eigenvalue weighted by Gasteiger charge is -2.37. The molecule has 3 aromatic rings. The number of H-pyrrole nitrogens is 1. The van der Waals surface area contributed by atoms with Crippen LogP contribution in [0.2, 0.25) is 0 Å². The molecule has 1 atom stereocenters. The van der Waals surface area contributed by atoms with E-state index in [9.17, 15) is 5.11 Å². The number of aliphatic hydroxyl groups excluding tert-OH is 1. The van der Waals surface area contributed by atoms with Crippen molar-refractivity contribution in [2.24, 2.45) is 5.41 Å². The second kappa shape index (κ2) is 6.93. The SMILES string of the molecule is CC1=C(CCc2cc(-c3ccc4ccccc4n3)n[nH]2)C(C)(C)CCC1O. The van der Waals surface area contributed by atoms with Gasteiger partial charge >= 0.3 is 0 Å². The highest BCUT2D eigenvalue weighted by molar-refractivity contribution is 5.80. The van der Waals surface area contributed by atoms with Crippen LogP contribution in [0.4, 0.5) is 0 Å². The molecular formula is C23H27N3O. The Labute approximate surface area is 160 Å². The predicted octanol–water partition coefficient (Wildman–Crippen LogP) is 5.05. The Hall–Kier alpha value is -2.46. The molecule has 0 spiro atoms. The van der Waals surface area contributed by atoms with Crippen LogP contribution in [-0.2, 0) is 6.42 Å². The van der Waals surface area contributed by atoms with Gasteiger partial charge in [0.15, 0.2) is 0 Å². The second-order valence-corrected chi connectivity index (χ2v) is 8.27. The number of para-hydroxylation sites is 1. The highest BCUT2D eigenvalue weighted by Gasteiger charge is 2.31. The van der Waals surface area contributed by atoms with Crippen LogP contribution in [0.5, 0.6) is 0 Å². The quantitative estimate of drug-likeness (QED) is 0.639. The minimum atomic E-state index is -0.285. The molecule has 0 saturated heterocycles. The molecule has 27 heavy (non-hydrogen) atoms. The zero-order valence-electron chi connectivity index (χ0n) is 16.3. The highest BCUT2D eigenvalue weighted by Crippen LogP contribution is 2.42. The van der Waals surface area contributed by atoms with Crippen molar-refractivity contribution in [1.82, 2.24) is 15.2 Å². The number of aryl methyl sites for hydroxylation is 1. The molecular weight excluding hydrogens is 334 g/mol. The molecule has 0 aliphatic heterocycles. The van der Waals surface area contributed by atoms with Gasteiger partial charge < -0.3 is 5.11 Å². The van der Waals surface area contributed by atoms with E-state index < -0.39 is 0 Å². The lowest BCUT2D eigenvalue weighted by Crippen LogP contribution is -2.28. The van der Waals surface area contributed by atoms with Gasteiger partial charge in [-0.05, 0) is 61.8 Å². The number of allylic oxidation sites excluding steroid dienone is 1. The number of hydrogen-bond donors (Lipinski definition) is 2. The topological polar surface area (TPSA) is 61.8 Å². The lowest BCUT2D eigenvalue weighted by atomic mass is 9.70. The highest BCUT2D eigenvalue weighted by atomic mass is 16.3. The zero-order chi connectivity index (χ0) is 19.0. The van der Waals surface area contributed by atoms with Crippen LogP contribution in [0, 0.1) is 5.41 Å². The van der Waals surface area contributed by atoms with Gasteiger partial charge in [-0.2, -0.15) is 5.10 Å². The summed E-state index contributed by atoms with van der Waals surface area (Å²) in [7, 11) is 0. The van der Waals surface area contributed by atoms with E-state index in [4.69, 9.17) is 4.98 Å². The Morgan fingerprint density at radius 3 is 2.78 bits per heavy atom. The molecule has 1 aromatic carbocycles. The number of pyridine rings is 1. The van der Waals surface area contributed by atoms with Crippen molar-refractivity contribution < 1.29 is 5.11 Å². The maximum atomic E-state index is 10.2. The maximum Gasteiger partial charge on any atom is 0.111 e. The van der Waals surface area contributed by atoms with Crippen molar-refractivity contribution in [3.63, 3.8) is 0 Å². The van der Waals surface area contributed by atoms with Gasteiger partial charge in [-0.25, -0.2) is 4.98 Å². The molecule has 0 radical (unpaired) electrons. The lowest BCUT2D eigenvalue weighted by molar-refractivity contribution is 0.158. The normalized spacial score (nSPS) is 19.6. The maximum absolute atomic E-state index is 10.2. The summed E-state index contributed by atoms with van der Waals surface area (Å²) in [5.74, 6) is 0. The fraction of sp³-hybridized carbons (Fsp3) is 0.391. The molecule has 2 aromatic heterocycles. The van der Waals surface area contributed by atoms with E-state index in [2.05, 4.69) is 49.2 Å². The van der Waals surface area contributed by atoms with Crippen LogP contribution in [0.3, 0.4) is 0 Å². The predicted molar refractivity (Wildman–Crippen MR) is 109 cm³/mol. The first-order valence-corrected chi connectivity index (χ1v) is 9.73. The first-order valence-electron chi connectivity index (χ1n) is 9.73. The van der Waals surface area contributed by atoms with Crippen molar-refractivity contribution in [3.05, 3.63) is 59.3 Å². The minimum Gasteiger partial charge on any atom is -0.389 e. The molecule has 0 fully saturated rings. The van der Waals surface area contributed by atoms with Gasteiger partial charge in [-0.15, -0.1) is 0 Å². The number of benzene rings is 1. The first-order chi connectivity index (χ1) is 12.9. The molecule has 0 amide bonds. The average molecular weight is 361 g/mol. The zero-order valence-corrected chi connectivity index (χ0v) is 16.3. The van der Waals surface area contributed by atoms with E-state index in [0.29, 0.717) is 0 Å². The number of hydrogen-bond acceptors (Lipinski definition) is 3. The summed E-state index contributed by atoms with van der Waals surface area (Å²) < 4.78 is 0. The van der Waals surface area contributed by atoms with Crippen LogP contribution in [0.25, 0.3) is 22.3 Å². The molecule has 4 nitrogen and oxygen atoms in total. The number of aliphatic hydroxyl groups is 1. The molecule has 1 aliphatic rings. The standard InChI is InChI=1S/C23H27N3O/c1-15-18(23(2,3)13-12-22(15)27)10-9-17-14-21(26-25-17)20-11-8-16-6-4-5-7-19(16)24-20/h4-8,11,14,22,27H,9-10,12-13H2,1-3H3,(H,25,26). The molecule has 2 N–H and O–H groups in total. The summed E-state index contributed by atoms with van der Waals surface area (Å²) in [6, 6.07) is 14.3. The monoisotopic (exact) mass is 361 g/mol. The van der Waals surface area contributed by atoms with Gasteiger partial charge in [0.25, 0.3) is 0 Å². The third-order valence-electron chi connectivity index (χ3n) is 5.97. The summed E-state index contributed by atoms with van der Waals surface area (Å²) in [5.41, 5.74) is 6.56. The van der Waals surface area contributed by atoms with E-state index in [1.807, 2.05) is 24.3 Å². The van der Waals surface area contributed by atoms with Crippen molar-refractivity contribution in [2.45, 2.75) is 52.6 Å². The summed E-state index contributed by atoms with van der Waals surface area (Å²) in [4.78, 5) is 4.73. The number of nitrogens with zero attached hydrogens (tertiary/aromatic N) is 2. The smallest absolute Gasteiger partial charge is 0.111 e. The molecule has 4 heteroatoms. The Morgan fingerprint density at radius 1 is 1.11 bits per heavy atom. The Balaban J connectivity index is 1.53. The van der Waals surface area contributed by atoms with Gasteiger partial charge in [0, 0.05) is 11.1 Å². The Morgan fingerprint density at radius 2 is 1.93 bits per heavy atom. The largest absolute Gasteiger partial charge is 0.389 e. The first kappa shape index (κ1) is 17.9. The van der Waals surface area contributed by atoms with Gasteiger partial charge in [0.1, 0.15) is 5.69 Å². The number of aromatic amines is 1. The van der Waals surface area contributed by atoms with Crippen LogP contribution in [0.15, 0.2) is 53.6 Å². The van der Waals surface area contributed by atoms with Crippen LogP contribution in [-0.4, -0.2) is 26.4 Å². The summed E-state index contributed by atoms with van der Waals surface area (Å²) in [5, 5.41) is 19.0. The third-order valence-corrected chi connectivity index (χ3v) is 5.97. The molecule has 140 valence electrons. The minimum absolute atomic E-state index is 0.159. The van der Waals surface area contributed by atoms with E-state index in [0.717, 1.165) is 59.2 Å². The summed E-state index contributed by atoms with van der Waals surface area (Å²) in [6.07, 6.45) is 3.46. The van der Waals surface area contributed by atoms with Crippen LogP contribution in [0.1, 0.15) is 45.7 Å². The fourth-order valence-electron chi connectivity index (χ4n) is 4.22. The van der Waals surface area contributed by atoms with Crippen molar-refractivity contribution in [1.29, 1.82) is 0 Å². The Kier molecular flexibility index (Phi) is 4.60. The molecule has 2 heterocycles. The number of aromatic nitrogens is 3. The van der Waals surface area contributed by atoms with Crippen molar-refractivity contribution in [2.75, 3.05) is 0 Å². The van der Waals surface area contributed by atoms with E-state index in [1.54, 1.807) is 0 Å². The van der Waals surface area contributed by atoms with Crippen LogP contribution < -0.4 is 0 Å². The van der Waals surface area contributed by atoms with Crippen molar-refractivity contribution in [3.8, 4) is 11.4 Å². The van der Waals surface area contributed by atoms with Gasteiger partial charge in [0.05, 0.1) is 17.3 Å². The molecule has 0 saturated carbocycles. The van der Waals surface area contributed by atoms with Crippen molar-refractivity contribution >= 4 is 10.9 Å². The Bertz CT molecular complexity index is 1000. The fourth-order valence-corrected chi connectivity index (χ4v) is 4.22. The van der Waals surface area contributed by atoms with E-state index in [-0.39, 0.29) is 11.5 Å². The van der Waals surface area contributed by atoms with Gasteiger partial charge in [-0.1, -0.05) is 43.7 Å². The van der Waals surface area contributed by atoms with Crippen LogP contribution >= 0.6 is 0 Å². The number of rotatable bonds is 4. The molecule has 4 rings (SSSR count). The average Bonchev–Trinajstić information content (AvgIpc) is 3.13. The van der Waals surface area contributed by atoms with E-state index >= 15 is 0 Å². The summed E-state index contributed by atoms with van der Waals surface area (Å²) in [6.45, 7) is 6.66. The molecule has 1 aliphatic carbocycles. The van der Waals surface area contributed by atoms with Gasteiger partial charge in [-0.3, -0.25) is 5.10 Å². The molecule has 1 unspecified atom stereocenters. The number of fused-ring (bicyclic) bond motifs is 1. The summed E-state index contributed by atoms with van der Waals surface area (Å²) >= 11 is 0.